The Morgan fingerprint density at radius 2 is 2.14 bits per heavy atom. The third kappa shape index (κ3) is 2.64. The van der Waals surface area contributed by atoms with Crippen molar-refractivity contribution in [2.45, 2.75) is 38.5 Å². The summed E-state index contributed by atoms with van der Waals surface area (Å²) in [7, 11) is 0. The average Bonchev–Trinajstić information content (AvgIpc) is 2.77. The highest BCUT2D eigenvalue weighted by Gasteiger charge is 2.35. The van der Waals surface area contributed by atoms with Crippen LogP contribution in [0, 0.1) is 5.41 Å². The highest BCUT2D eigenvalue weighted by molar-refractivity contribution is 7.99. The number of rotatable bonds is 3. The summed E-state index contributed by atoms with van der Waals surface area (Å²) in [6, 6.07) is 5.89. The predicted octanol–water partition coefficient (Wildman–Crippen LogP) is 4.14. The van der Waals surface area contributed by atoms with Crippen LogP contribution in [0.2, 0.25) is 0 Å². The molecule has 2 aromatic heterocycles. The molecule has 4 heteroatoms. The fourth-order valence-corrected chi connectivity index (χ4v) is 3.87. The van der Waals surface area contributed by atoms with Crippen LogP contribution in [0.4, 0.5) is 0 Å². The molecule has 0 aliphatic heterocycles. The molecule has 0 spiro atoms. The Balaban J connectivity index is 2.18. The van der Waals surface area contributed by atoms with Gasteiger partial charge in [-0.25, -0.2) is 4.98 Å². The number of thioether (sulfide) groups is 1. The van der Waals surface area contributed by atoms with Crippen molar-refractivity contribution in [3.8, 4) is 5.82 Å². The lowest BCUT2D eigenvalue weighted by Crippen LogP contribution is -2.28. The van der Waals surface area contributed by atoms with Crippen LogP contribution < -0.4 is 0 Å². The normalized spacial score (nSPS) is 16.8. The van der Waals surface area contributed by atoms with E-state index in [1.807, 2.05) is 18.2 Å². The fourth-order valence-electron chi connectivity index (χ4n) is 3.00. The van der Waals surface area contributed by atoms with Gasteiger partial charge in [-0.05, 0) is 29.7 Å². The van der Waals surface area contributed by atoms with Gasteiger partial charge in [0.15, 0.2) is 5.78 Å². The van der Waals surface area contributed by atoms with Crippen LogP contribution in [-0.4, -0.2) is 21.1 Å². The lowest BCUT2D eigenvalue weighted by atomic mass is 9.76. The highest BCUT2D eigenvalue weighted by Crippen LogP contribution is 2.40. The van der Waals surface area contributed by atoms with Crippen LogP contribution >= 0.6 is 11.8 Å². The van der Waals surface area contributed by atoms with Gasteiger partial charge in [0.1, 0.15) is 5.82 Å². The number of hydrogen-bond acceptors (Lipinski definition) is 3. The first-order valence-electron chi connectivity index (χ1n) is 7.33. The van der Waals surface area contributed by atoms with Crippen molar-refractivity contribution < 1.29 is 4.79 Å². The first-order valence-corrected chi connectivity index (χ1v) is 8.32. The molecule has 0 unspecified atom stereocenters. The van der Waals surface area contributed by atoms with Gasteiger partial charge in [0, 0.05) is 29.4 Å². The number of hydrogen-bond donors (Lipinski definition) is 0. The summed E-state index contributed by atoms with van der Waals surface area (Å²) in [5, 5.41) is 0. The smallest absolute Gasteiger partial charge is 0.166 e. The van der Waals surface area contributed by atoms with E-state index in [9.17, 15) is 4.79 Å². The van der Waals surface area contributed by atoms with Crippen molar-refractivity contribution in [1.29, 1.82) is 0 Å². The lowest BCUT2D eigenvalue weighted by Gasteiger charge is -2.29. The molecule has 0 radical (unpaired) electrons. The third-order valence-corrected chi connectivity index (χ3v) is 4.74. The minimum Gasteiger partial charge on any atom is -0.304 e. The van der Waals surface area contributed by atoms with Crippen LogP contribution in [0.1, 0.15) is 43.2 Å². The van der Waals surface area contributed by atoms with Crippen LogP contribution in [0.5, 0.6) is 0 Å². The summed E-state index contributed by atoms with van der Waals surface area (Å²) in [4.78, 5) is 18.1. The van der Waals surface area contributed by atoms with Gasteiger partial charge < -0.3 is 4.57 Å². The molecule has 0 N–H and O–H groups in total. The highest BCUT2D eigenvalue weighted by atomic mass is 32.2. The number of pyridine rings is 1. The molecule has 1 aliphatic rings. The molecule has 3 nitrogen and oxygen atoms in total. The second-order valence-electron chi connectivity index (χ2n) is 6.25. The quantitative estimate of drug-likeness (QED) is 0.799. The Labute approximate surface area is 129 Å². The summed E-state index contributed by atoms with van der Waals surface area (Å²) < 4.78 is 2.10. The van der Waals surface area contributed by atoms with E-state index in [-0.39, 0.29) is 11.2 Å². The van der Waals surface area contributed by atoms with E-state index in [1.165, 1.54) is 0 Å². The lowest BCUT2D eigenvalue weighted by molar-refractivity contribution is 0.0908. The summed E-state index contributed by atoms with van der Waals surface area (Å²) in [6.45, 7) is 6.44. The van der Waals surface area contributed by atoms with Gasteiger partial charge in [0.05, 0.1) is 5.56 Å². The van der Waals surface area contributed by atoms with Crippen LogP contribution in [0.3, 0.4) is 0 Å². The maximum Gasteiger partial charge on any atom is 0.166 e. The number of aromatic nitrogens is 2. The van der Waals surface area contributed by atoms with Gasteiger partial charge in [0.2, 0.25) is 0 Å². The fraction of sp³-hybridized carbons (Fsp3) is 0.412. The molecule has 2 heterocycles. The molecular formula is C17H20N2OS. The zero-order valence-electron chi connectivity index (χ0n) is 12.7. The molecular weight excluding hydrogens is 280 g/mol. The number of nitrogens with zero attached hydrogens (tertiary/aromatic N) is 2. The molecule has 0 aromatic carbocycles. The molecule has 0 amide bonds. The van der Waals surface area contributed by atoms with E-state index >= 15 is 0 Å². The Hall–Kier alpha value is -1.55. The Morgan fingerprint density at radius 3 is 2.81 bits per heavy atom. The number of carbonyl (C=O) groups is 1. The van der Waals surface area contributed by atoms with Crippen molar-refractivity contribution >= 4 is 17.5 Å². The van der Waals surface area contributed by atoms with Crippen molar-refractivity contribution in [1.82, 2.24) is 9.55 Å². The zero-order chi connectivity index (χ0) is 15.0. The van der Waals surface area contributed by atoms with Crippen molar-refractivity contribution in [2.24, 2.45) is 5.41 Å². The number of Topliss-reactive ketones (excluding diaryl/α,β-unsaturated/α-hetero) is 1. The molecule has 0 fully saturated rings. The first-order chi connectivity index (χ1) is 10.0. The maximum atomic E-state index is 12.6. The van der Waals surface area contributed by atoms with Gasteiger partial charge in [-0.1, -0.05) is 26.8 Å². The van der Waals surface area contributed by atoms with Gasteiger partial charge >= 0.3 is 0 Å². The standard InChI is InChI=1S/C17H20N2OS/c1-4-21-14-11-19(15-7-5-6-8-18-15)12-9-17(2,3)10-13(20)16(12)14/h5-8,11H,4,9-10H2,1-3H3. The maximum absolute atomic E-state index is 12.6. The van der Waals surface area contributed by atoms with E-state index in [0.29, 0.717) is 6.42 Å². The third-order valence-electron chi connectivity index (χ3n) is 3.83. The number of ketones is 1. The summed E-state index contributed by atoms with van der Waals surface area (Å²) in [5.41, 5.74) is 2.06. The Morgan fingerprint density at radius 1 is 1.33 bits per heavy atom. The minimum absolute atomic E-state index is 0.0170. The SMILES string of the molecule is CCSc1cn(-c2ccccn2)c2c1C(=O)CC(C)(C)C2. The average molecular weight is 300 g/mol. The molecule has 0 atom stereocenters. The molecule has 21 heavy (non-hydrogen) atoms. The second-order valence-corrected chi connectivity index (χ2v) is 7.55. The van der Waals surface area contributed by atoms with Gasteiger partial charge in [-0.3, -0.25) is 4.79 Å². The summed E-state index contributed by atoms with van der Waals surface area (Å²) in [6.07, 6.45) is 5.42. The zero-order valence-corrected chi connectivity index (χ0v) is 13.5. The number of carbonyl (C=O) groups excluding carboxylic acids is 1. The minimum atomic E-state index is 0.0170. The van der Waals surface area contributed by atoms with E-state index in [2.05, 4.69) is 36.5 Å². The summed E-state index contributed by atoms with van der Waals surface area (Å²) in [5.74, 6) is 2.13. The second kappa shape index (κ2) is 5.34. The number of fused-ring (bicyclic) bond motifs is 1. The summed E-state index contributed by atoms with van der Waals surface area (Å²) >= 11 is 1.74. The van der Waals surface area contributed by atoms with Gasteiger partial charge in [-0.15, -0.1) is 11.8 Å². The van der Waals surface area contributed by atoms with E-state index in [0.717, 1.165) is 34.1 Å². The molecule has 0 bridgehead atoms. The first kappa shape index (κ1) is 14.4. The van der Waals surface area contributed by atoms with E-state index < -0.39 is 0 Å². The predicted molar refractivity (Wildman–Crippen MR) is 86.4 cm³/mol. The van der Waals surface area contributed by atoms with Gasteiger partial charge in [-0.2, -0.15) is 0 Å². The molecule has 2 aromatic rings. The van der Waals surface area contributed by atoms with Crippen LogP contribution in [0.15, 0.2) is 35.5 Å². The molecule has 110 valence electrons. The van der Waals surface area contributed by atoms with Crippen molar-refractivity contribution in [2.75, 3.05) is 5.75 Å². The van der Waals surface area contributed by atoms with Crippen LogP contribution in [-0.2, 0) is 6.42 Å². The molecule has 1 aliphatic carbocycles. The Kier molecular flexibility index (Phi) is 3.66. The van der Waals surface area contributed by atoms with E-state index in [1.54, 1.807) is 18.0 Å². The van der Waals surface area contributed by atoms with Crippen molar-refractivity contribution in [3.63, 3.8) is 0 Å². The molecule has 0 saturated carbocycles. The topological polar surface area (TPSA) is 34.9 Å². The largest absolute Gasteiger partial charge is 0.304 e. The molecule has 0 saturated heterocycles. The van der Waals surface area contributed by atoms with Crippen molar-refractivity contribution in [3.05, 3.63) is 41.9 Å². The molecule has 3 rings (SSSR count). The van der Waals surface area contributed by atoms with E-state index in [4.69, 9.17) is 0 Å². The van der Waals surface area contributed by atoms with Crippen LogP contribution in [0.25, 0.3) is 5.82 Å². The Bertz CT molecular complexity index is 674. The monoisotopic (exact) mass is 300 g/mol. The van der Waals surface area contributed by atoms with Gasteiger partial charge in [0.25, 0.3) is 0 Å².